The topological polar surface area (TPSA) is 62.7 Å². The fourth-order valence-electron chi connectivity index (χ4n) is 4.10. The van der Waals surface area contributed by atoms with E-state index in [1.807, 2.05) is 47.4 Å². The third kappa shape index (κ3) is 5.80. The second-order valence-electron chi connectivity index (χ2n) is 8.18. The van der Waals surface area contributed by atoms with Gasteiger partial charge in [0, 0.05) is 30.4 Å². The van der Waals surface area contributed by atoms with Crippen LogP contribution < -0.4 is 4.74 Å². The Morgan fingerprint density at radius 2 is 1.81 bits per heavy atom. The van der Waals surface area contributed by atoms with Gasteiger partial charge in [-0.2, -0.15) is 0 Å². The highest BCUT2D eigenvalue weighted by molar-refractivity contribution is 6.29. The minimum absolute atomic E-state index is 0.0195. The molecule has 1 aromatic heterocycles. The summed E-state index contributed by atoms with van der Waals surface area (Å²) >= 11 is 5.89. The number of halogens is 1. The van der Waals surface area contributed by atoms with Gasteiger partial charge >= 0.3 is 0 Å². The number of piperidine rings is 1. The maximum absolute atomic E-state index is 12.7. The van der Waals surface area contributed by atoms with Crippen LogP contribution in [0.25, 0.3) is 11.1 Å². The van der Waals surface area contributed by atoms with Crippen molar-refractivity contribution in [1.82, 2.24) is 9.88 Å². The van der Waals surface area contributed by atoms with Crippen LogP contribution in [-0.4, -0.2) is 40.6 Å². The van der Waals surface area contributed by atoms with Crippen molar-refractivity contribution in [2.24, 2.45) is 5.92 Å². The maximum Gasteiger partial charge on any atom is 0.260 e. The number of nitrogens with zero attached hydrogens (tertiary/aromatic N) is 2. The zero-order chi connectivity index (χ0) is 22.3. The number of benzene rings is 2. The highest BCUT2D eigenvalue weighted by atomic mass is 35.5. The SMILES string of the molecule is O=C(COc1ccccc1-c1ccc(Cl)nc1)N1CCC(CCc2ccc(O)cc2)CC1. The van der Waals surface area contributed by atoms with E-state index in [1.54, 1.807) is 24.4 Å². The van der Waals surface area contributed by atoms with Crippen LogP contribution in [0.3, 0.4) is 0 Å². The third-order valence-electron chi connectivity index (χ3n) is 6.02. The molecule has 5 nitrogen and oxygen atoms in total. The van der Waals surface area contributed by atoms with E-state index >= 15 is 0 Å². The maximum atomic E-state index is 12.7. The molecular formula is C26H27ClN2O3. The summed E-state index contributed by atoms with van der Waals surface area (Å²) in [5.41, 5.74) is 3.02. The molecule has 1 aliphatic rings. The average molecular weight is 451 g/mol. The van der Waals surface area contributed by atoms with Gasteiger partial charge in [0.25, 0.3) is 5.91 Å². The number of carbonyl (C=O) groups is 1. The molecule has 1 saturated heterocycles. The van der Waals surface area contributed by atoms with E-state index in [2.05, 4.69) is 4.98 Å². The number of carbonyl (C=O) groups excluding carboxylic acids is 1. The Morgan fingerprint density at radius 3 is 2.53 bits per heavy atom. The summed E-state index contributed by atoms with van der Waals surface area (Å²) in [6.07, 6.45) is 5.83. The minimum atomic E-state index is 0.0195. The van der Waals surface area contributed by atoms with E-state index in [0.717, 1.165) is 49.9 Å². The molecule has 1 fully saturated rings. The lowest BCUT2D eigenvalue weighted by molar-refractivity contribution is -0.134. The Balaban J connectivity index is 1.26. The molecule has 0 unspecified atom stereocenters. The number of likely N-dealkylation sites (tertiary alicyclic amines) is 1. The second kappa shape index (κ2) is 10.5. The van der Waals surface area contributed by atoms with Crippen LogP contribution in [0.15, 0.2) is 66.9 Å². The van der Waals surface area contributed by atoms with E-state index in [-0.39, 0.29) is 12.5 Å². The summed E-state index contributed by atoms with van der Waals surface area (Å²) < 4.78 is 5.91. The molecule has 1 aliphatic heterocycles. The van der Waals surface area contributed by atoms with Crippen molar-refractivity contribution in [3.8, 4) is 22.6 Å². The summed E-state index contributed by atoms with van der Waals surface area (Å²) in [6.45, 7) is 1.56. The first-order valence-electron chi connectivity index (χ1n) is 11.0. The van der Waals surface area contributed by atoms with Crippen molar-refractivity contribution in [3.63, 3.8) is 0 Å². The number of para-hydroxylation sites is 1. The molecule has 1 N–H and O–H groups in total. The van der Waals surface area contributed by atoms with E-state index in [9.17, 15) is 9.90 Å². The largest absolute Gasteiger partial charge is 0.508 e. The highest BCUT2D eigenvalue weighted by Gasteiger charge is 2.23. The van der Waals surface area contributed by atoms with Gasteiger partial charge in [-0.15, -0.1) is 0 Å². The molecule has 3 aromatic rings. The number of phenolic OH excluding ortho intramolecular Hbond substituents is 1. The molecule has 0 aliphatic carbocycles. The number of pyridine rings is 1. The Hall–Kier alpha value is -3.05. The van der Waals surface area contributed by atoms with Gasteiger partial charge in [-0.05, 0) is 67.5 Å². The van der Waals surface area contributed by atoms with Gasteiger partial charge < -0.3 is 14.7 Å². The molecule has 2 heterocycles. The lowest BCUT2D eigenvalue weighted by Gasteiger charge is -2.32. The van der Waals surface area contributed by atoms with E-state index < -0.39 is 0 Å². The van der Waals surface area contributed by atoms with Crippen LogP contribution in [0.1, 0.15) is 24.8 Å². The first-order chi connectivity index (χ1) is 15.6. The zero-order valence-electron chi connectivity index (χ0n) is 17.9. The molecular weight excluding hydrogens is 424 g/mol. The number of phenols is 1. The highest BCUT2D eigenvalue weighted by Crippen LogP contribution is 2.30. The van der Waals surface area contributed by atoms with Crippen molar-refractivity contribution in [2.75, 3.05) is 19.7 Å². The molecule has 166 valence electrons. The molecule has 1 amide bonds. The standard InChI is InChI=1S/C26H27ClN2O3/c27-25-12-9-21(17-28-25)23-3-1-2-4-24(23)32-18-26(31)29-15-13-20(14-16-29)6-5-19-7-10-22(30)11-8-19/h1-4,7-12,17,20,30H,5-6,13-16,18H2. The van der Waals surface area contributed by atoms with E-state index in [4.69, 9.17) is 16.3 Å². The van der Waals surface area contributed by atoms with Gasteiger partial charge in [0.05, 0.1) is 0 Å². The normalized spacial score (nSPS) is 14.3. The first kappa shape index (κ1) is 22.2. The van der Waals surface area contributed by atoms with Crippen molar-refractivity contribution in [1.29, 1.82) is 0 Å². The summed E-state index contributed by atoms with van der Waals surface area (Å²) in [5.74, 6) is 1.60. The number of aromatic hydroxyl groups is 1. The van der Waals surface area contributed by atoms with Crippen LogP contribution in [0.2, 0.25) is 5.15 Å². The molecule has 4 rings (SSSR count). The van der Waals surface area contributed by atoms with Gasteiger partial charge in [-0.25, -0.2) is 4.98 Å². The predicted octanol–water partition coefficient (Wildman–Crippen LogP) is 5.36. The molecule has 6 heteroatoms. The number of hydrogen-bond acceptors (Lipinski definition) is 4. The van der Waals surface area contributed by atoms with Crippen LogP contribution in [0.4, 0.5) is 0 Å². The van der Waals surface area contributed by atoms with Gasteiger partial charge in [0.2, 0.25) is 0 Å². The Kier molecular flexibility index (Phi) is 7.28. The number of hydrogen-bond donors (Lipinski definition) is 1. The van der Waals surface area contributed by atoms with Gasteiger partial charge in [0.1, 0.15) is 16.7 Å². The van der Waals surface area contributed by atoms with Crippen molar-refractivity contribution in [3.05, 3.63) is 77.6 Å². The molecule has 0 atom stereocenters. The summed E-state index contributed by atoms with van der Waals surface area (Å²) in [6, 6.07) is 18.7. The first-order valence-corrected chi connectivity index (χ1v) is 11.4. The van der Waals surface area contributed by atoms with E-state index in [1.165, 1.54) is 5.56 Å². The Bertz CT molecular complexity index is 1030. The Labute approximate surface area is 193 Å². The molecule has 32 heavy (non-hydrogen) atoms. The number of aryl methyl sites for hydroxylation is 1. The van der Waals surface area contributed by atoms with Crippen LogP contribution in [0.5, 0.6) is 11.5 Å². The van der Waals surface area contributed by atoms with Gasteiger partial charge in [-0.3, -0.25) is 4.79 Å². The van der Waals surface area contributed by atoms with Crippen molar-refractivity contribution < 1.29 is 14.6 Å². The number of rotatable bonds is 7. The quantitative estimate of drug-likeness (QED) is 0.492. The lowest BCUT2D eigenvalue weighted by atomic mass is 9.90. The molecule has 0 spiro atoms. The summed E-state index contributed by atoms with van der Waals surface area (Å²) in [4.78, 5) is 18.8. The van der Waals surface area contributed by atoms with Crippen LogP contribution >= 0.6 is 11.6 Å². The van der Waals surface area contributed by atoms with Crippen LogP contribution in [-0.2, 0) is 11.2 Å². The van der Waals surface area contributed by atoms with E-state index in [0.29, 0.717) is 22.6 Å². The monoisotopic (exact) mass is 450 g/mol. The number of amides is 1. The molecule has 0 radical (unpaired) electrons. The van der Waals surface area contributed by atoms with Gasteiger partial charge in [-0.1, -0.05) is 41.9 Å². The van der Waals surface area contributed by atoms with Crippen molar-refractivity contribution in [2.45, 2.75) is 25.7 Å². The third-order valence-corrected chi connectivity index (χ3v) is 6.25. The van der Waals surface area contributed by atoms with Gasteiger partial charge in [0.15, 0.2) is 6.61 Å². The minimum Gasteiger partial charge on any atom is -0.508 e. The average Bonchev–Trinajstić information content (AvgIpc) is 2.83. The summed E-state index contributed by atoms with van der Waals surface area (Å²) in [7, 11) is 0. The van der Waals surface area contributed by atoms with Crippen LogP contribution in [0, 0.1) is 5.92 Å². The lowest BCUT2D eigenvalue weighted by Crippen LogP contribution is -2.41. The second-order valence-corrected chi connectivity index (χ2v) is 8.57. The number of ether oxygens (including phenoxy) is 1. The fraction of sp³-hybridized carbons (Fsp3) is 0.308. The Morgan fingerprint density at radius 1 is 1.06 bits per heavy atom. The predicted molar refractivity (Wildman–Crippen MR) is 126 cm³/mol. The fourth-order valence-corrected chi connectivity index (χ4v) is 4.21. The molecule has 2 aromatic carbocycles. The number of aromatic nitrogens is 1. The van der Waals surface area contributed by atoms with Crippen molar-refractivity contribution >= 4 is 17.5 Å². The smallest absolute Gasteiger partial charge is 0.260 e. The summed E-state index contributed by atoms with van der Waals surface area (Å²) in [5, 5.41) is 9.84. The molecule has 0 saturated carbocycles. The molecule has 0 bridgehead atoms. The zero-order valence-corrected chi connectivity index (χ0v) is 18.7.